The first kappa shape index (κ1) is 23.3. The predicted octanol–water partition coefficient (Wildman–Crippen LogP) is 4.19. The van der Waals surface area contributed by atoms with E-state index >= 15 is 0 Å². The van der Waals surface area contributed by atoms with Crippen LogP contribution in [0.2, 0.25) is 0 Å². The zero-order valence-corrected chi connectivity index (χ0v) is 18.8. The molecule has 0 radical (unpaired) electrons. The van der Waals surface area contributed by atoms with Gasteiger partial charge >= 0.3 is 0 Å². The largest absolute Gasteiger partial charge is 0.466 e. The van der Waals surface area contributed by atoms with Gasteiger partial charge in [0.05, 0.1) is 13.1 Å². The number of aliphatic hydroxyl groups is 1. The van der Waals surface area contributed by atoms with Crippen LogP contribution in [-0.2, 0) is 12.1 Å². The second kappa shape index (κ2) is 10.3. The first-order chi connectivity index (χ1) is 15.3. The third-order valence-electron chi connectivity index (χ3n) is 4.82. The highest BCUT2D eigenvalue weighted by molar-refractivity contribution is 5.79. The molecule has 32 heavy (non-hydrogen) atoms. The number of furan rings is 1. The van der Waals surface area contributed by atoms with Crippen molar-refractivity contribution in [3.05, 3.63) is 77.1 Å². The maximum atomic E-state index is 13.1. The fourth-order valence-corrected chi connectivity index (χ4v) is 3.26. The van der Waals surface area contributed by atoms with Gasteiger partial charge in [0.1, 0.15) is 28.7 Å². The van der Waals surface area contributed by atoms with Crippen LogP contribution >= 0.6 is 0 Å². The molecule has 0 aliphatic carbocycles. The molecule has 1 atom stereocenters. The first-order valence-electron chi connectivity index (χ1n) is 10.5. The predicted molar refractivity (Wildman–Crippen MR) is 121 cm³/mol. The number of hydrogen-bond acceptors (Lipinski definition) is 5. The van der Waals surface area contributed by atoms with Gasteiger partial charge in [-0.25, -0.2) is 14.4 Å². The van der Waals surface area contributed by atoms with Crippen LogP contribution in [0.4, 0.5) is 4.39 Å². The van der Waals surface area contributed by atoms with Crippen molar-refractivity contribution < 1.29 is 18.7 Å². The van der Waals surface area contributed by atoms with Crippen LogP contribution in [0, 0.1) is 19.7 Å². The van der Waals surface area contributed by atoms with Crippen molar-refractivity contribution >= 4 is 5.96 Å². The Morgan fingerprint density at radius 2 is 1.94 bits per heavy atom. The second-order valence-corrected chi connectivity index (χ2v) is 7.71. The van der Waals surface area contributed by atoms with Crippen LogP contribution in [0.3, 0.4) is 0 Å². The van der Waals surface area contributed by atoms with E-state index in [0.717, 1.165) is 16.9 Å². The Labute approximate surface area is 187 Å². The van der Waals surface area contributed by atoms with Crippen molar-refractivity contribution in [3.8, 4) is 11.6 Å². The molecule has 0 aliphatic rings. The van der Waals surface area contributed by atoms with Gasteiger partial charge in [-0.2, -0.15) is 0 Å². The lowest BCUT2D eigenvalue weighted by Gasteiger charge is -2.24. The number of nitrogens with zero attached hydrogens (tertiary/aromatic N) is 2. The molecule has 0 aliphatic heterocycles. The Morgan fingerprint density at radius 3 is 2.59 bits per heavy atom. The van der Waals surface area contributed by atoms with Gasteiger partial charge in [0.2, 0.25) is 5.88 Å². The monoisotopic (exact) mass is 440 g/mol. The lowest BCUT2D eigenvalue weighted by molar-refractivity contribution is 0.0601. The van der Waals surface area contributed by atoms with E-state index in [1.807, 2.05) is 32.9 Å². The molecule has 8 heteroatoms. The Morgan fingerprint density at radius 1 is 1.19 bits per heavy atom. The van der Waals surface area contributed by atoms with Gasteiger partial charge in [-0.3, -0.25) is 0 Å². The van der Waals surface area contributed by atoms with E-state index < -0.39 is 5.60 Å². The number of benzene rings is 1. The molecular formula is C24H29FN4O3. The molecule has 7 nitrogen and oxygen atoms in total. The van der Waals surface area contributed by atoms with Gasteiger partial charge in [0.25, 0.3) is 0 Å². The van der Waals surface area contributed by atoms with Crippen LogP contribution in [0.1, 0.15) is 36.5 Å². The molecule has 3 aromatic rings. The van der Waals surface area contributed by atoms with Crippen LogP contribution in [0.25, 0.3) is 0 Å². The fourth-order valence-electron chi connectivity index (χ4n) is 3.26. The average molecular weight is 441 g/mol. The molecule has 0 saturated heterocycles. The minimum atomic E-state index is -1.12. The van der Waals surface area contributed by atoms with E-state index in [1.165, 1.54) is 12.1 Å². The summed E-state index contributed by atoms with van der Waals surface area (Å²) in [5.74, 6) is 2.60. The summed E-state index contributed by atoms with van der Waals surface area (Å²) in [6.07, 6.45) is 1.64. The van der Waals surface area contributed by atoms with E-state index in [0.29, 0.717) is 36.4 Å². The van der Waals surface area contributed by atoms with Crippen LogP contribution in [-0.4, -0.2) is 29.1 Å². The normalized spacial score (nSPS) is 13.5. The van der Waals surface area contributed by atoms with Gasteiger partial charge in [-0.15, -0.1) is 0 Å². The van der Waals surface area contributed by atoms with Crippen LogP contribution in [0.15, 0.2) is 58.1 Å². The van der Waals surface area contributed by atoms with Crippen molar-refractivity contribution in [2.45, 2.75) is 39.8 Å². The molecule has 2 aromatic heterocycles. The molecule has 0 fully saturated rings. The molecular weight excluding hydrogens is 411 g/mol. The number of halogens is 1. The molecule has 0 bridgehead atoms. The third kappa shape index (κ3) is 6.31. The fraction of sp³-hybridized carbons (Fsp3) is 0.333. The lowest BCUT2D eigenvalue weighted by Crippen LogP contribution is -2.44. The SMILES string of the molecule is CCNC(=NCc1ccnc(Oc2ccc(F)cc2)c1)NCC(C)(O)c1cc(C)oc1C. The smallest absolute Gasteiger partial charge is 0.219 e. The zero-order valence-electron chi connectivity index (χ0n) is 18.8. The van der Waals surface area contributed by atoms with Crippen LogP contribution < -0.4 is 15.4 Å². The quantitative estimate of drug-likeness (QED) is 0.359. The Bertz CT molecular complexity index is 1060. The van der Waals surface area contributed by atoms with E-state index in [9.17, 15) is 9.50 Å². The minimum Gasteiger partial charge on any atom is -0.466 e. The van der Waals surface area contributed by atoms with Gasteiger partial charge < -0.3 is 24.9 Å². The van der Waals surface area contributed by atoms with Crippen molar-refractivity contribution in [3.63, 3.8) is 0 Å². The number of pyridine rings is 1. The molecule has 0 amide bonds. The molecule has 1 aromatic carbocycles. The number of nitrogens with one attached hydrogen (secondary N) is 2. The molecule has 3 N–H and O–H groups in total. The topological polar surface area (TPSA) is 91.9 Å². The molecule has 1 unspecified atom stereocenters. The summed E-state index contributed by atoms with van der Waals surface area (Å²) in [6.45, 7) is 8.72. The van der Waals surface area contributed by atoms with Crippen molar-refractivity contribution in [2.75, 3.05) is 13.1 Å². The van der Waals surface area contributed by atoms with Crippen molar-refractivity contribution in [2.24, 2.45) is 4.99 Å². The molecule has 3 rings (SSSR count). The van der Waals surface area contributed by atoms with E-state index in [4.69, 9.17) is 9.15 Å². The summed E-state index contributed by atoms with van der Waals surface area (Å²) >= 11 is 0. The minimum absolute atomic E-state index is 0.258. The second-order valence-electron chi connectivity index (χ2n) is 7.71. The highest BCUT2D eigenvalue weighted by Crippen LogP contribution is 2.26. The summed E-state index contributed by atoms with van der Waals surface area (Å²) in [5.41, 5.74) is 0.516. The molecule has 0 saturated carbocycles. The molecule has 170 valence electrons. The Hall–Kier alpha value is -3.39. The number of aliphatic imine (C=N–C) groups is 1. The summed E-state index contributed by atoms with van der Waals surface area (Å²) in [5, 5.41) is 17.3. The van der Waals surface area contributed by atoms with Crippen molar-refractivity contribution in [1.29, 1.82) is 0 Å². The zero-order chi connectivity index (χ0) is 23.1. The number of ether oxygens (including phenoxy) is 1. The lowest BCUT2D eigenvalue weighted by atomic mass is 9.96. The average Bonchev–Trinajstić information content (AvgIpc) is 3.11. The Kier molecular flexibility index (Phi) is 7.48. The van der Waals surface area contributed by atoms with Gasteiger partial charge in [-0.1, -0.05) is 0 Å². The summed E-state index contributed by atoms with van der Waals surface area (Å²) in [4.78, 5) is 8.79. The number of aryl methyl sites for hydroxylation is 2. The maximum absolute atomic E-state index is 13.1. The number of rotatable bonds is 8. The standard InChI is InChI=1S/C24H29FN4O3/c1-5-26-23(29-15-24(4,30)21-12-16(2)31-17(21)3)28-14-18-10-11-27-22(13-18)32-20-8-6-19(25)7-9-20/h6-13,30H,5,14-15H2,1-4H3,(H2,26,28,29). The van der Waals surface area contributed by atoms with Gasteiger partial charge in [-0.05, 0) is 69.7 Å². The first-order valence-corrected chi connectivity index (χ1v) is 10.5. The maximum Gasteiger partial charge on any atom is 0.219 e. The van der Waals surface area contributed by atoms with Crippen LogP contribution in [0.5, 0.6) is 11.6 Å². The van der Waals surface area contributed by atoms with E-state index in [2.05, 4.69) is 20.6 Å². The summed E-state index contributed by atoms with van der Waals surface area (Å²) < 4.78 is 24.3. The van der Waals surface area contributed by atoms with Gasteiger partial charge in [0, 0.05) is 24.4 Å². The van der Waals surface area contributed by atoms with E-state index in [1.54, 1.807) is 31.3 Å². The summed E-state index contributed by atoms with van der Waals surface area (Å²) in [6, 6.07) is 11.2. The highest BCUT2D eigenvalue weighted by Gasteiger charge is 2.27. The third-order valence-corrected chi connectivity index (χ3v) is 4.82. The van der Waals surface area contributed by atoms with Gasteiger partial charge in [0.15, 0.2) is 5.96 Å². The van der Waals surface area contributed by atoms with Crippen molar-refractivity contribution in [1.82, 2.24) is 15.6 Å². The summed E-state index contributed by atoms with van der Waals surface area (Å²) in [7, 11) is 0. The molecule has 2 heterocycles. The highest BCUT2D eigenvalue weighted by atomic mass is 19.1. The molecule has 0 spiro atoms. The van der Waals surface area contributed by atoms with E-state index in [-0.39, 0.29) is 12.4 Å². The number of hydrogen-bond donors (Lipinski definition) is 3. The number of guanidine groups is 1. The number of aromatic nitrogens is 1. The Balaban J connectivity index is 1.65.